The number of ether oxygens (including phenoxy) is 1. The monoisotopic (exact) mass is 463 g/mol. The maximum Gasteiger partial charge on any atom is 0.408 e. The molecule has 1 saturated heterocycles. The van der Waals surface area contributed by atoms with Crippen molar-refractivity contribution in [1.82, 2.24) is 14.5 Å². The predicted octanol–water partition coefficient (Wildman–Crippen LogP) is 3.20. The minimum Gasteiger partial charge on any atom is -0.376 e. The van der Waals surface area contributed by atoms with Crippen LogP contribution in [0.5, 0.6) is 0 Å². The van der Waals surface area contributed by atoms with E-state index in [-0.39, 0.29) is 42.9 Å². The van der Waals surface area contributed by atoms with E-state index >= 15 is 0 Å². The molecule has 1 saturated carbocycles. The fraction of sp³-hybridized carbons (Fsp3) is 0.609. The molecule has 0 bridgehead atoms. The van der Waals surface area contributed by atoms with Gasteiger partial charge in [-0.1, -0.05) is 13.8 Å². The van der Waals surface area contributed by atoms with Crippen LogP contribution < -0.4 is 15.8 Å². The maximum absolute atomic E-state index is 14.1. The number of fused-ring (bicyclic) bond motifs is 2. The number of pyridine rings is 1. The topological polar surface area (TPSA) is 72.3 Å². The molecule has 1 unspecified atom stereocenters. The third-order valence-electron chi connectivity index (χ3n) is 7.12. The Hall–Kier alpha value is -2.62. The molecule has 2 aromatic rings. The maximum atomic E-state index is 14.1. The number of nitrogens with zero attached hydrogens (tertiary/aromatic N) is 4. The van der Waals surface area contributed by atoms with Gasteiger partial charge in [-0.3, -0.25) is 14.3 Å². The average Bonchev–Trinajstić information content (AvgIpc) is 3.44. The molecule has 7 nitrogen and oxygen atoms in total. The van der Waals surface area contributed by atoms with Crippen molar-refractivity contribution in [2.75, 3.05) is 29.9 Å². The summed E-state index contributed by atoms with van der Waals surface area (Å²) >= 11 is 0. The first-order valence-corrected chi connectivity index (χ1v) is 11.3. The number of nitrogens with one attached hydrogen (secondary N) is 1. The number of aromatic nitrogens is 3. The molecule has 0 spiro atoms. The van der Waals surface area contributed by atoms with Crippen LogP contribution in [0.2, 0.25) is 0 Å². The summed E-state index contributed by atoms with van der Waals surface area (Å²) in [5, 5.41) is 3.14. The highest BCUT2D eigenvalue weighted by Gasteiger charge is 2.50. The van der Waals surface area contributed by atoms with E-state index in [1.807, 2.05) is 13.8 Å². The zero-order valence-corrected chi connectivity index (χ0v) is 18.7. The third-order valence-corrected chi connectivity index (χ3v) is 7.12. The van der Waals surface area contributed by atoms with Gasteiger partial charge < -0.3 is 15.0 Å². The van der Waals surface area contributed by atoms with Crippen LogP contribution in [0, 0.1) is 11.8 Å². The van der Waals surface area contributed by atoms with Crippen molar-refractivity contribution in [3.63, 3.8) is 0 Å². The largest absolute Gasteiger partial charge is 0.408 e. The lowest BCUT2D eigenvalue weighted by Crippen LogP contribution is -2.55. The van der Waals surface area contributed by atoms with Gasteiger partial charge in [-0.15, -0.1) is 0 Å². The Kier molecular flexibility index (Phi) is 5.38. The number of hydrogen-bond donors (Lipinski definition) is 1. The molecule has 4 heterocycles. The van der Waals surface area contributed by atoms with Crippen LogP contribution in [0.15, 0.2) is 35.4 Å². The molecule has 3 aliphatic rings. The first-order chi connectivity index (χ1) is 15.6. The number of alkyl halides is 3. The smallest absolute Gasteiger partial charge is 0.376 e. The van der Waals surface area contributed by atoms with E-state index in [4.69, 9.17) is 4.74 Å². The van der Waals surface area contributed by atoms with Crippen molar-refractivity contribution in [3.8, 4) is 0 Å². The van der Waals surface area contributed by atoms with Crippen molar-refractivity contribution in [2.24, 2.45) is 11.8 Å². The van der Waals surface area contributed by atoms with Gasteiger partial charge in [0, 0.05) is 43.5 Å². The van der Waals surface area contributed by atoms with Crippen molar-refractivity contribution in [3.05, 3.63) is 46.5 Å². The Bertz CT molecular complexity index is 1070. The molecule has 2 aliphatic heterocycles. The third kappa shape index (κ3) is 4.32. The minimum absolute atomic E-state index is 0.0205. The number of hydrogen-bond acceptors (Lipinski definition) is 6. The fourth-order valence-electron chi connectivity index (χ4n) is 5.11. The molecular formula is C23H28F3N5O2. The molecule has 0 radical (unpaired) electrons. The number of rotatable bonds is 6. The van der Waals surface area contributed by atoms with Gasteiger partial charge in [0.25, 0.3) is 5.56 Å². The molecule has 2 aromatic heterocycles. The SMILES string of the molecule is CC(C)(CN1c2nc(NC[C@H]3OC[C@@H]4CC43)cc(=O)n2CC[C@H]1C(F)(F)F)c1ccncc1. The molecule has 33 heavy (non-hydrogen) atoms. The molecule has 0 amide bonds. The van der Waals surface area contributed by atoms with Crippen LogP contribution >= 0.6 is 0 Å². The van der Waals surface area contributed by atoms with Crippen molar-refractivity contribution >= 4 is 11.8 Å². The summed E-state index contributed by atoms with van der Waals surface area (Å²) < 4.78 is 49.3. The summed E-state index contributed by atoms with van der Waals surface area (Å²) in [4.78, 5) is 22.6. The lowest BCUT2D eigenvalue weighted by molar-refractivity contribution is -0.153. The second-order valence-corrected chi connectivity index (χ2v) is 9.94. The molecule has 178 valence electrons. The Balaban J connectivity index is 1.46. The van der Waals surface area contributed by atoms with Crippen LogP contribution in [-0.4, -0.2) is 52.6 Å². The van der Waals surface area contributed by atoms with Gasteiger partial charge in [-0.2, -0.15) is 18.2 Å². The zero-order valence-electron chi connectivity index (χ0n) is 18.7. The summed E-state index contributed by atoms with van der Waals surface area (Å²) in [5.74, 6) is 1.49. The van der Waals surface area contributed by atoms with Crippen LogP contribution in [-0.2, 0) is 16.7 Å². The van der Waals surface area contributed by atoms with E-state index in [9.17, 15) is 18.0 Å². The van der Waals surface area contributed by atoms with Gasteiger partial charge in [-0.25, -0.2) is 0 Å². The molecule has 5 rings (SSSR count). The summed E-state index contributed by atoms with van der Waals surface area (Å²) in [5.41, 5.74) is -0.120. The van der Waals surface area contributed by atoms with E-state index in [1.54, 1.807) is 24.5 Å². The van der Waals surface area contributed by atoms with E-state index in [0.29, 0.717) is 18.4 Å². The van der Waals surface area contributed by atoms with Crippen molar-refractivity contribution < 1.29 is 17.9 Å². The van der Waals surface area contributed by atoms with Crippen LogP contribution in [0.3, 0.4) is 0 Å². The Labute approximate surface area is 190 Å². The summed E-state index contributed by atoms with van der Waals surface area (Å²) in [6, 6.07) is 3.25. The molecule has 4 atom stereocenters. The van der Waals surface area contributed by atoms with Crippen LogP contribution in [0.4, 0.5) is 24.9 Å². The summed E-state index contributed by atoms with van der Waals surface area (Å²) in [6.45, 7) is 5.04. The Morgan fingerprint density at radius 3 is 2.64 bits per heavy atom. The molecule has 1 N–H and O–H groups in total. The number of anilines is 2. The second-order valence-electron chi connectivity index (χ2n) is 9.94. The lowest BCUT2D eigenvalue weighted by Gasteiger charge is -2.43. The van der Waals surface area contributed by atoms with Gasteiger partial charge in [0.05, 0.1) is 12.7 Å². The fourth-order valence-corrected chi connectivity index (χ4v) is 5.11. The van der Waals surface area contributed by atoms with Crippen LogP contribution in [0.1, 0.15) is 32.3 Å². The Morgan fingerprint density at radius 2 is 2.00 bits per heavy atom. The summed E-state index contributed by atoms with van der Waals surface area (Å²) in [7, 11) is 0. The first-order valence-electron chi connectivity index (χ1n) is 11.3. The van der Waals surface area contributed by atoms with Gasteiger partial charge in [0.15, 0.2) is 0 Å². The molecule has 2 fully saturated rings. The van der Waals surface area contributed by atoms with Crippen LogP contribution in [0.25, 0.3) is 0 Å². The van der Waals surface area contributed by atoms with E-state index in [2.05, 4.69) is 15.3 Å². The number of halogens is 3. The highest BCUT2D eigenvalue weighted by Crippen LogP contribution is 2.48. The zero-order chi connectivity index (χ0) is 23.4. The normalized spacial score (nSPS) is 26.6. The standard InChI is InChI=1S/C23H28F3N5O2/c1-22(2,15-3-6-27-7-4-15)13-31-18(23(24,25)26)5-8-30-20(32)10-19(29-21(30)31)28-11-17-16-9-14(16)12-33-17/h3-4,6-7,10,14,16-18,28H,5,8-9,11-13H2,1-2H3/t14-,16?,17+,18-/m0/s1. The molecular weight excluding hydrogens is 435 g/mol. The molecule has 10 heteroatoms. The highest BCUT2D eigenvalue weighted by atomic mass is 19.4. The minimum atomic E-state index is -4.45. The van der Waals surface area contributed by atoms with Gasteiger partial charge in [0.2, 0.25) is 5.95 Å². The van der Waals surface area contributed by atoms with Gasteiger partial charge in [-0.05, 0) is 42.4 Å². The lowest BCUT2D eigenvalue weighted by atomic mass is 9.84. The van der Waals surface area contributed by atoms with E-state index in [0.717, 1.165) is 18.6 Å². The predicted molar refractivity (Wildman–Crippen MR) is 117 cm³/mol. The highest BCUT2D eigenvalue weighted by molar-refractivity contribution is 5.46. The molecule has 1 aliphatic carbocycles. The van der Waals surface area contributed by atoms with Crippen molar-refractivity contribution in [2.45, 2.75) is 57.0 Å². The quantitative estimate of drug-likeness (QED) is 0.710. The first kappa shape index (κ1) is 22.2. The average molecular weight is 464 g/mol. The van der Waals surface area contributed by atoms with E-state index in [1.165, 1.54) is 15.5 Å². The van der Waals surface area contributed by atoms with Gasteiger partial charge in [0.1, 0.15) is 11.9 Å². The summed E-state index contributed by atoms with van der Waals surface area (Å²) in [6.07, 6.45) is -0.181. The molecule has 0 aromatic carbocycles. The van der Waals surface area contributed by atoms with Gasteiger partial charge >= 0.3 is 6.18 Å². The van der Waals surface area contributed by atoms with E-state index < -0.39 is 17.6 Å². The van der Waals surface area contributed by atoms with Crippen molar-refractivity contribution in [1.29, 1.82) is 0 Å². The second kappa shape index (κ2) is 8.00. The Morgan fingerprint density at radius 1 is 1.24 bits per heavy atom.